The predicted molar refractivity (Wildman–Crippen MR) is 66.2 cm³/mol. The third-order valence-corrected chi connectivity index (χ3v) is 2.19. The number of nitrogens with two attached hydrogens (primary N) is 1. The maximum Gasteiger partial charge on any atom is 0.101 e. The molecule has 0 unspecified atom stereocenters. The maximum atomic E-state index is 8.83. The molecule has 0 aliphatic heterocycles. The van der Waals surface area contributed by atoms with Crippen molar-refractivity contribution in [3.05, 3.63) is 54.1 Å². The summed E-state index contributed by atoms with van der Waals surface area (Å²) < 4.78 is 0. The molecule has 4 nitrogen and oxygen atoms in total. The Balaban J connectivity index is 2.26. The van der Waals surface area contributed by atoms with Crippen LogP contribution in [0.4, 0.5) is 17.1 Å². The third-order valence-electron chi connectivity index (χ3n) is 2.19. The standard InChI is InChI=1S/C13H10N4/c14-9-10-8-12(6-7-13(10)15)17-16-11-4-2-1-3-5-11/h1-8H,15H2. The van der Waals surface area contributed by atoms with Gasteiger partial charge in [-0.25, -0.2) is 0 Å². The lowest BCUT2D eigenvalue weighted by molar-refractivity contribution is 1.23. The first-order valence-corrected chi connectivity index (χ1v) is 5.06. The summed E-state index contributed by atoms with van der Waals surface area (Å²) >= 11 is 0. The van der Waals surface area contributed by atoms with Crippen LogP contribution in [0.3, 0.4) is 0 Å². The number of benzene rings is 2. The van der Waals surface area contributed by atoms with E-state index in [1.165, 1.54) is 0 Å². The van der Waals surface area contributed by atoms with Crippen molar-refractivity contribution in [1.82, 2.24) is 0 Å². The topological polar surface area (TPSA) is 74.5 Å². The second kappa shape index (κ2) is 4.90. The Hall–Kier alpha value is -2.67. The van der Waals surface area contributed by atoms with Gasteiger partial charge in [0.2, 0.25) is 0 Å². The van der Waals surface area contributed by atoms with Crippen LogP contribution in [0.25, 0.3) is 0 Å². The number of hydrogen-bond donors (Lipinski definition) is 1. The van der Waals surface area contributed by atoms with E-state index in [9.17, 15) is 0 Å². The van der Waals surface area contributed by atoms with Crippen molar-refractivity contribution in [2.75, 3.05) is 5.73 Å². The fraction of sp³-hybridized carbons (Fsp3) is 0. The highest BCUT2D eigenvalue weighted by Gasteiger charge is 1.98. The minimum Gasteiger partial charge on any atom is -0.398 e. The molecule has 0 amide bonds. The van der Waals surface area contributed by atoms with Crippen LogP contribution in [-0.4, -0.2) is 0 Å². The van der Waals surface area contributed by atoms with E-state index in [1.54, 1.807) is 18.2 Å². The average Bonchev–Trinajstić information content (AvgIpc) is 2.39. The van der Waals surface area contributed by atoms with Gasteiger partial charge in [-0.15, -0.1) is 0 Å². The lowest BCUT2D eigenvalue weighted by Crippen LogP contribution is -1.88. The largest absolute Gasteiger partial charge is 0.398 e. The van der Waals surface area contributed by atoms with Gasteiger partial charge in [0.15, 0.2) is 0 Å². The molecule has 0 saturated heterocycles. The Bertz CT molecular complexity index is 582. The highest BCUT2D eigenvalue weighted by molar-refractivity contribution is 5.60. The van der Waals surface area contributed by atoms with E-state index in [0.29, 0.717) is 16.9 Å². The van der Waals surface area contributed by atoms with E-state index in [2.05, 4.69) is 10.2 Å². The first-order valence-electron chi connectivity index (χ1n) is 5.06. The number of nitriles is 1. The molecule has 0 aliphatic rings. The fourth-order valence-electron chi connectivity index (χ4n) is 1.31. The van der Waals surface area contributed by atoms with Gasteiger partial charge in [0, 0.05) is 5.69 Å². The Morgan fingerprint density at radius 1 is 0.941 bits per heavy atom. The van der Waals surface area contributed by atoms with Gasteiger partial charge in [-0.1, -0.05) is 18.2 Å². The molecule has 0 heterocycles. The smallest absolute Gasteiger partial charge is 0.101 e. The summed E-state index contributed by atoms with van der Waals surface area (Å²) in [6, 6.07) is 16.4. The molecule has 0 bridgehead atoms. The van der Waals surface area contributed by atoms with Crippen molar-refractivity contribution in [3.8, 4) is 6.07 Å². The van der Waals surface area contributed by atoms with E-state index in [0.717, 1.165) is 5.69 Å². The van der Waals surface area contributed by atoms with Gasteiger partial charge < -0.3 is 5.73 Å². The first-order chi connectivity index (χ1) is 8.29. The molecular formula is C13H10N4. The van der Waals surface area contributed by atoms with Gasteiger partial charge in [-0.3, -0.25) is 0 Å². The summed E-state index contributed by atoms with van der Waals surface area (Å²) in [4.78, 5) is 0. The normalized spacial score (nSPS) is 10.3. The van der Waals surface area contributed by atoms with Crippen LogP contribution in [0.15, 0.2) is 58.8 Å². The summed E-state index contributed by atoms with van der Waals surface area (Å²) in [5.41, 5.74) is 7.85. The molecule has 0 saturated carbocycles. The van der Waals surface area contributed by atoms with Gasteiger partial charge in [0.25, 0.3) is 0 Å². The Kier molecular flexibility index (Phi) is 3.13. The zero-order chi connectivity index (χ0) is 12.1. The van der Waals surface area contributed by atoms with Crippen LogP contribution < -0.4 is 5.73 Å². The number of nitrogens with zero attached hydrogens (tertiary/aromatic N) is 3. The molecule has 0 atom stereocenters. The molecule has 0 aromatic heterocycles. The van der Waals surface area contributed by atoms with Crippen molar-refractivity contribution in [2.24, 2.45) is 10.2 Å². The molecule has 0 fully saturated rings. The second-order valence-electron chi connectivity index (χ2n) is 3.42. The minimum atomic E-state index is 0.412. The van der Waals surface area contributed by atoms with Crippen molar-refractivity contribution in [1.29, 1.82) is 5.26 Å². The lowest BCUT2D eigenvalue weighted by Gasteiger charge is -1.97. The number of rotatable bonds is 2. The van der Waals surface area contributed by atoms with Crippen LogP contribution in [0, 0.1) is 11.3 Å². The van der Waals surface area contributed by atoms with Crippen molar-refractivity contribution in [2.45, 2.75) is 0 Å². The Labute approximate surface area is 99.0 Å². The molecule has 2 N–H and O–H groups in total. The lowest BCUT2D eigenvalue weighted by atomic mass is 10.2. The molecule has 0 radical (unpaired) electrons. The SMILES string of the molecule is N#Cc1cc(N=Nc2ccccc2)ccc1N. The van der Waals surface area contributed by atoms with Crippen molar-refractivity contribution >= 4 is 17.1 Å². The number of azo groups is 1. The number of nitrogen functional groups attached to an aromatic ring is 1. The third kappa shape index (κ3) is 2.67. The van der Waals surface area contributed by atoms with Gasteiger partial charge in [-0.2, -0.15) is 15.5 Å². The Morgan fingerprint density at radius 3 is 2.35 bits per heavy atom. The molecule has 2 aromatic carbocycles. The molecular weight excluding hydrogens is 212 g/mol. The van der Waals surface area contributed by atoms with Gasteiger partial charge in [-0.05, 0) is 30.3 Å². The van der Waals surface area contributed by atoms with Gasteiger partial charge in [0.05, 0.1) is 16.9 Å². The molecule has 2 aromatic rings. The summed E-state index contributed by atoms with van der Waals surface area (Å²) in [6.07, 6.45) is 0. The summed E-state index contributed by atoms with van der Waals surface area (Å²) in [5, 5.41) is 16.9. The highest BCUT2D eigenvalue weighted by Crippen LogP contribution is 2.21. The van der Waals surface area contributed by atoms with Gasteiger partial charge in [0.1, 0.15) is 6.07 Å². The van der Waals surface area contributed by atoms with E-state index in [4.69, 9.17) is 11.0 Å². The van der Waals surface area contributed by atoms with E-state index < -0.39 is 0 Å². The predicted octanol–water partition coefficient (Wildman–Crippen LogP) is 3.56. The molecule has 17 heavy (non-hydrogen) atoms. The molecule has 2 rings (SSSR count). The van der Waals surface area contributed by atoms with Crippen molar-refractivity contribution in [3.63, 3.8) is 0 Å². The molecule has 4 heteroatoms. The van der Waals surface area contributed by atoms with Crippen LogP contribution in [-0.2, 0) is 0 Å². The highest BCUT2D eigenvalue weighted by atomic mass is 15.1. The minimum absolute atomic E-state index is 0.412. The average molecular weight is 222 g/mol. The van der Waals surface area contributed by atoms with Crippen molar-refractivity contribution < 1.29 is 0 Å². The molecule has 0 aliphatic carbocycles. The summed E-state index contributed by atoms with van der Waals surface area (Å²) in [5.74, 6) is 0. The van der Waals surface area contributed by atoms with Crippen LogP contribution >= 0.6 is 0 Å². The zero-order valence-corrected chi connectivity index (χ0v) is 9.04. The van der Waals surface area contributed by atoms with E-state index in [1.807, 2.05) is 36.4 Å². The van der Waals surface area contributed by atoms with Crippen LogP contribution in [0.2, 0.25) is 0 Å². The monoisotopic (exact) mass is 222 g/mol. The van der Waals surface area contributed by atoms with E-state index in [-0.39, 0.29) is 0 Å². The van der Waals surface area contributed by atoms with E-state index >= 15 is 0 Å². The summed E-state index contributed by atoms with van der Waals surface area (Å²) in [7, 11) is 0. The number of hydrogen-bond acceptors (Lipinski definition) is 4. The maximum absolute atomic E-state index is 8.83. The van der Waals surface area contributed by atoms with Crippen LogP contribution in [0.1, 0.15) is 5.56 Å². The summed E-state index contributed by atoms with van der Waals surface area (Å²) in [6.45, 7) is 0. The fourth-order valence-corrected chi connectivity index (χ4v) is 1.31. The molecule has 82 valence electrons. The second-order valence-corrected chi connectivity index (χ2v) is 3.42. The molecule has 0 spiro atoms. The van der Waals surface area contributed by atoms with Crippen LogP contribution in [0.5, 0.6) is 0 Å². The van der Waals surface area contributed by atoms with Gasteiger partial charge >= 0.3 is 0 Å². The zero-order valence-electron chi connectivity index (χ0n) is 9.04. The quantitative estimate of drug-likeness (QED) is 0.623. The number of anilines is 1. The first kappa shape index (κ1) is 10.8. The Morgan fingerprint density at radius 2 is 1.65 bits per heavy atom.